The molecule has 7 heteroatoms. The van der Waals surface area contributed by atoms with E-state index in [2.05, 4.69) is 6.92 Å². The van der Waals surface area contributed by atoms with Crippen molar-refractivity contribution in [3.05, 3.63) is 29.1 Å². The Balaban J connectivity index is 2.36. The first-order valence-electron chi connectivity index (χ1n) is 6.82. The van der Waals surface area contributed by atoms with Crippen molar-refractivity contribution in [2.45, 2.75) is 31.6 Å². The minimum Gasteiger partial charge on any atom is -0.339 e. The number of likely N-dealkylation sites (tertiary alicyclic amines) is 1. The molecule has 21 heavy (non-hydrogen) atoms. The van der Waals surface area contributed by atoms with Crippen molar-refractivity contribution in [3.8, 4) is 0 Å². The molecule has 1 saturated heterocycles. The second kappa shape index (κ2) is 5.73. The van der Waals surface area contributed by atoms with Gasteiger partial charge in [-0.2, -0.15) is 0 Å². The minimum absolute atomic E-state index is 0.0247. The van der Waals surface area contributed by atoms with Gasteiger partial charge in [-0.15, -0.1) is 0 Å². The van der Waals surface area contributed by atoms with Gasteiger partial charge in [0.25, 0.3) is 5.91 Å². The number of benzene rings is 1. The van der Waals surface area contributed by atoms with E-state index in [1.54, 1.807) is 4.90 Å². The first-order chi connectivity index (χ1) is 9.70. The Morgan fingerprint density at radius 3 is 2.43 bits per heavy atom. The van der Waals surface area contributed by atoms with Gasteiger partial charge in [0.2, 0.25) is 10.0 Å². The minimum atomic E-state index is -4.06. The van der Waals surface area contributed by atoms with Crippen molar-refractivity contribution in [1.82, 2.24) is 4.90 Å². The van der Waals surface area contributed by atoms with E-state index in [9.17, 15) is 17.6 Å². The molecule has 1 fully saturated rings. The number of piperidine rings is 1. The lowest BCUT2D eigenvalue weighted by atomic mass is 9.98. The van der Waals surface area contributed by atoms with Gasteiger partial charge in [0, 0.05) is 24.2 Å². The zero-order valence-corrected chi connectivity index (χ0v) is 12.9. The molecule has 1 amide bonds. The number of rotatable bonds is 2. The molecule has 2 N–H and O–H groups in total. The molecule has 1 heterocycles. The molecular weight excluding hydrogens is 295 g/mol. The molecule has 0 radical (unpaired) electrons. The van der Waals surface area contributed by atoms with Crippen molar-refractivity contribution in [1.29, 1.82) is 0 Å². The van der Waals surface area contributed by atoms with Gasteiger partial charge in [-0.25, -0.2) is 17.9 Å². The number of nitrogens with zero attached hydrogens (tertiary/aromatic N) is 1. The maximum absolute atomic E-state index is 13.9. The predicted octanol–water partition coefficient (Wildman–Crippen LogP) is 1.65. The SMILES string of the molecule is Cc1c(F)cc(C(=O)N2CCC(C)CC2)cc1S(N)(=O)=O. The summed E-state index contributed by atoms with van der Waals surface area (Å²) in [6.07, 6.45) is 1.78. The Kier molecular flexibility index (Phi) is 4.34. The van der Waals surface area contributed by atoms with Crippen molar-refractivity contribution in [2.24, 2.45) is 11.1 Å². The molecule has 0 unspecified atom stereocenters. The van der Waals surface area contributed by atoms with Crippen LogP contribution < -0.4 is 5.14 Å². The van der Waals surface area contributed by atoms with E-state index in [0.717, 1.165) is 25.0 Å². The molecule has 116 valence electrons. The molecule has 1 aliphatic rings. The summed E-state index contributed by atoms with van der Waals surface area (Å²) in [4.78, 5) is 13.7. The number of hydrogen-bond donors (Lipinski definition) is 1. The van der Waals surface area contributed by atoms with E-state index in [1.165, 1.54) is 6.92 Å². The molecule has 2 rings (SSSR count). The quantitative estimate of drug-likeness (QED) is 0.901. The van der Waals surface area contributed by atoms with Crippen LogP contribution in [0.15, 0.2) is 17.0 Å². The van der Waals surface area contributed by atoms with Crippen molar-refractivity contribution in [3.63, 3.8) is 0 Å². The van der Waals surface area contributed by atoms with E-state index >= 15 is 0 Å². The van der Waals surface area contributed by atoms with Crippen molar-refractivity contribution in [2.75, 3.05) is 13.1 Å². The van der Waals surface area contributed by atoms with Crippen LogP contribution in [0.1, 0.15) is 35.7 Å². The Labute approximate surface area is 124 Å². The summed E-state index contributed by atoms with van der Waals surface area (Å²) in [5, 5.41) is 5.07. The van der Waals surface area contributed by atoms with Crippen LogP contribution >= 0.6 is 0 Å². The summed E-state index contributed by atoms with van der Waals surface area (Å²) < 4.78 is 36.8. The average molecular weight is 314 g/mol. The van der Waals surface area contributed by atoms with E-state index < -0.39 is 15.8 Å². The maximum Gasteiger partial charge on any atom is 0.254 e. The third-order valence-electron chi connectivity index (χ3n) is 3.92. The van der Waals surface area contributed by atoms with E-state index in [-0.39, 0.29) is 21.9 Å². The summed E-state index contributed by atoms with van der Waals surface area (Å²) in [5.74, 6) is -0.537. The van der Waals surface area contributed by atoms with Gasteiger partial charge in [0.05, 0.1) is 4.90 Å². The fourth-order valence-electron chi connectivity index (χ4n) is 2.47. The summed E-state index contributed by atoms with van der Waals surface area (Å²) in [6.45, 7) is 4.64. The lowest BCUT2D eigenvalue weighted by Gasteiger charge is -2.30. The Morgan fingerprint density at radius 2 is 1.90 bits per heavy atom. The first kappa shape index (κ1) is 15.9. The maximum atomic E-state index is 13.9. The zero-order chi connectivity index (χ0) is 15.8. The van der Waals surface area contributed by atoms with Crippen LogP contribution in [0.3, 0.4) is 0 Å². The van der Waals surface area contributed by atoms with E-state index in [1.807, 2.05) is 0 Å². The molecule has 0 bridgehead atoms. The number of nitrogens with two attached hydrogens (primary N) is 1. The lowest BCUT2D eigenvalue weighted by Crippen LogP contribution is -2.38. The highest BCUT2D eigenvalue weighted by Gasteiger charge is 2.24. The molecule has 0 atom stereocenters. The second-order valence-corrected chi connectivity index (χ2v) is 7.13. The molecule has 1 aliphatic heterocycles. The third kappa shape index (κ3) is 3.41. The lowest BCUT2D eigenvalue weighted by molar-refractivity contribution is 0.0696. The molecule has 5 nitrogen and oxygen atoms in total. The summed E-state index contributed by atoms with van der Waals surface area (Å²) in [5.41, 5.74) is -0.0435. The van der Waals surface area contributed by atoms with Gasteiger partial charge >= 0.3 is 0 Å². The van der Waals surface area contributed by atoms with Crippen LogP contribution in [-0.4, -0.2) is 32.3 Å². The van der Waals surface area contributed by atoms with Gasteiger partial charge in [0.15, 0.2) is 0 Å². The Morgan fingerprint density at radius 1 is 1.33 bits per heavy atom. The number of hydrogen-bond acceptors (Lipinski definition) is 3. The van der Waals surface area contributed by atoms with Gasteiger partial charge in [-0.3, -0.25) is 4.79 Å². The van der Waals surface area contributed by atoms with Crippen LogP contribution in [0.4, 0.5) is 4.39 Å². The van der Waals surface area contributed by atoms with Crippen LogP contribution in [-0.2, 0) is 10.0 Å². The monoisotopic (exact) mass is 314 g/mol. The number of amides is 1. The Bertz CT molecular complexity index is 665. The van der Waals surface area contributed by atoms with Crippen LogP contribution in [0.2, 0.25) is 0 Å². The third-order valence-corrected chi connectivity index (χ3v) is 4.96. The largest absolute Gasteiger partial charge is 0.339 e. The number of primary sulfonamides is 1. The topological polar surface area (TPSA) is 80.5 Å². The van der Waals surface area contributed by atoms with E-state index in [4.69, 9.17) is 5.14 Å². The van der Waals surface area contributed by atoms with Gasteiger partial charge in [-0.1, -0.05) is 6.92 Å². The molecule has 0 aromatic heterocycles. The molecule has 1 aromatic rings. The highest BCUT2D eigenvalue weighted by molar-refractivity contribution is 7.89. The van der Waals surface area contributed by atoms with Gasteiger partial charge in [0.1, 0.15) is 5.82 Å². The van der Waals surface area contributed by atoms with Gasteiger partial charge < -0.3 is 4.90 Å². The van der Waals surface area contributed by atoms with Crippen LogP contribution in [0, 0.1) is 18.7 Å². The van der Waals surface area contributed by atoms with E-state index in [0.29, 0.717) is 19.0 Å². The number of carbonyl (C=O) groups excluding carboxylic acids is 1. The van der Waals surface area contributed by atoms with Crippen LogP contribution in [0.5, 0.6) is 0 Å². The van der Waals surface area contributed by atoms with Gasteiger partial charge in [-0.05, 0) is 37.8 Å². The number of carbonyl (C=O) groups is 1. The van der Waals surface area contributed by atoms with Crippen molar-refractivity contribution >= 4 is 15.9 Å². The smallest absolute Gasteiger partial charge is 0.254 e. The molecular formula is C14H19FN2O3S. The molecule has 1 aromatic carbocycles. The average Bonchev–Trinajstić information content (AvgIpc) is 2.40. The summed E-state index contributed by atoms with van der Waals surface area (Å²) in [6, 6.07) is 2.23. The highest BCUT2D eigenvalue weighted by Crippen LogP contribution is 2.23. The Hall–Kier alpha value is -1.47. The van der Waals surface area contributed by atoms with Crippen molar-refractivity contribution < 1.29 is 17.6 Å². The van der Waals surface area contributed by atoms with Crippen LogP contribution in [0.25, 0.3) is 0 Å². The fraction of sp³-hybridized carbons (Fsp3) is 0.500. The standard InChI is InChI=1S/C14H19FN2O3S/c1-9-3-5-17(6-4-9)14(18)11-7-12(15)10(2)13(8-11)21(16,19)20/h7-9H,3-6H2,1-2H3,(H2,16,19,20). The fourth-order valence-corrected chi connectivity index (χ4v) is 3.28. The number of sulfonamides is 1. The molecule has 0 spiro atoms. The summed E-state index contributed by atoms with van der Waals surface area (Å²) >= 11 is 0. The number of halogens is 1. The zero-order valence-electron chi connectivity index (χ0n) is 12.1. The molecule has 0 aliphatic carbocycles. The first-order valence-corrected chi connectivity index (χ1v) is 8.37. The normalized spacial score (nSPS) is 17.0. The molecule has 0 saturated carbocycles. The predicted molar refractivity (Wildman–Crippen MR) is 76.8 cm³/mol. The summed E-state index contributed by atoms with van der Waals surface area (Å²) in [7, 11) is -4.06. The highest BCUT2D eigenvalue weighted by atomic mass is 32.2. The second-order valence-electron chi connectivity index (χ2n) is 5.60.